The summed E-state index contributed by atoms with van der Waals surface area (Å²) in [7, 11) is 0. The second-order valence-corrected chi connectivity index (χ2v) is 8.19. The van der Waals surface area contributed by atoms with Gasteiger partial charge in [0.1, 0.15) is 17.3 Å². The zero-order valence-electron chi connectivity index (χ0n) is 18.5. The van der Waals surface area contributed by atoms with Crippen molar-refractivity contribution in [3.05, 3.63) is 71.3 Å². The lowest BCUT2D eigenvalue weighted by molar-refractivity contribution is -0.125. The molecule has 32 heavy (non-hydrogen) atoms. The largest absolute Gasteiger partial charge is 0.356 e. The maximum absolute atomic E-state index is 13.7. The summed E-state index contributed by atoms with van der Waals surface area (Å²) in [4.78, 5) is 28.7. The third-order valence-electron chi connectivity index (χ3n) is 6.07. The molecule has 0 bridgehead atoms. The fourth-order valence-electron chi connectivity index (χ4n) is 4.05. The second-order valence-electron chi connectivity index (χ2n) is 8.19. The van der Waals surface area contributed by atoms with Gasteiger partial charge in [-0.1, -0.05) is 24.3 Å². The van der Waals surface area contributed by atoms with Crippen LogP contribution >= 0.6 is 0 Å². The average molecular weight is 434 g/mol. The first-order valence-electron chi connectivity index (χ1n) is 11.1. The van der Waals surface area contributed by atoms with Crippen LogP contribution in [0.1, 0.15) is 29.7 Å². The van der Waals surface area contributed by atoms with Gasteiger partial charge in [-0.05, 0) is 56.9 Å². The number of carbonyl (C=O) groups is 1. The van der Waals surface area contributed by atoms with Crippen molar-refractivity contribution in [2.75, 3.05) is 24.5 Å². The number of piperidine rings is 1. The smallest absolute Gasteiger partial charge is 0.223 e. The number of benzene rings is 1. The number of aromatic nitrogens is 3. The number of pyridine rings is 1. The summed E-state index contributed by atoms with van der Waals surface area (Å²) in [5.74, 6) is 1.32. The molecule has 4 rings (SSSR count). The highest BCUT2D eigenvalue weighted by atomic mass is 19.1. The molecular formula is C25H28FN5O. The molecule has 0 spiro atoms. The summed E-state index contributed by atoms with van der Waals surface area (Å²) < 4.78 is 13.7. The van der Waals surface area contributed by atoms with Gasteiger partial charge >= 0.3 is 0 Å². The number of anilines is 1. The van der Waals surface area contributed by atoms with Crippen LogP contribution in [-0.2, 0) is 11.2 Å². The van der Waals surface area contributed by atoms with Crippen molar-refractivity contribution in [2.45, 2.75) is 33.1 Å². The quantitative estimate of drug-likeness (QED) is 0.639. The molecule has 166 valence electrons. The number of hydrogen-bond acceptors (Lipinski definition) is 5. The van der Waals surface area contributed by atoms with E-state index in [-0.39, 0.29) is 17.6 Å². The van der Waals surface area contributed by atoms with E-state index in [2.05, 4.69) is 20.2 Å². The summed E-state index contributed by atoms with van der Waals surface area (Å²) >= 11 is 0. The van der Waals surface area contributed by atoms with E-state index in [0.717, 1.165) is 48.7 Å². The fourth-order valence-corrected chi connectivity index (χ4v) is 4.05. The van der Waals surface area contributed by atoms with Crippen LogP contribution in [0.4, 0.5) is 10.2 Å². The van der Waals surface area contributed by atoms with Crippen molar-refractivity contribution in [3.8, 4) is 11.5 Å². The van der Waals surface area contributed by atoms with E-state index in [1.165, 1.54) is 6.07 Å². The molecule has 0 aliphatic carbocycles. The standard InChI is InChI=1S/C25H28FN5O/c1-17-18(2)29-23(22-9-5-6-13-27-22)30-24(17)31-15-11-20(12-16-31)25(32)28-14-10-19-7-3-4-8-21(19)26/h3-9,13,20H,10-12,14-16H2,1-2H3,(H,28,32). The molecule has 1 aliphatic heterocycles. The highest BCUT2D eigenvalue weighted by Gasteiger charge is 2.27. The van der Waals surface area contributed by atoms with Gasteiger partial charge in [0, 0.05) is 43.0 Å². The Morgan fingerprint density at radius 3 is 2.56 bits per heavy atom. The number of carbonyl (C=O) groups excluding carboxylic acids is 1. The first-order valence-corrected chi connectivity index (χ1v) is 11.1. The van der Waals surface area contributed by atoms with Crippen LogP contribution < -0.4 is 10.2 Å². The lowest BCUT2D eigenvalue weighted by Gasteiger charge is -2.33. The molecule has 1 fully saturated rings. The zero-order chi connectivity index (χ0) is 22.5. The average Bonchev–Trinajstić information content (AvgIpc) is 2.82. The SMILES string of the molecule is Cc1nc(-c2ccccn2)nc(N2CCC(C(=O)NCCc3ccccc3F)CC2)c1C. The molecule has 3 heterocycles. The van der Waals surface area contributed by atoms with Gasteiger partial charge in [0.15, 0.2) is 5.82 Å². The summed E-state index contributed by atoms with van der Waals surface area (Å²) in [6, 6.07) is 12.4. The minimum Gasteiger partial charge on any atom is -0.356 e. The Morgan fingerprint density at radius 2 is 1.84 bits per heavy atom. The minimum atomic E-state index is -0.226. The third kappa shape index (κ3) is 4.93. The molecule has 1 aliphatic rings. The molecule has 3 aromatic rings. The van der Waals surface area contributed by atoms with Gasteiger partial charge in [0.2, 0.25) is 5.91 Å². The number of amides is 1. The van der Waals surface area contributed by atoms with E-state index < -0.39 is 0 Å². The van der Waals surface area contributed by atoms with Gasteiger partial charge in [-0.3, -0.25) is 9.78 Å². The Morgan fingerprint density at radius 1 is 1.09 bits per heavy atom. The second kappa shape index (κ2) is 9.85. The van der Waals surface area contributed by atoms with Crippen molar-refractivity contribution in [3.63, 3.8) is 0 Å². The summed E-state index contributed by atoms with van der Waals surface area (Å²) in [5, 5.41) is 2.98. The van der Waals surface area contributed by atoms with Crippen LogP contribution in [0.5, 0.6) is 0 Å². The first kappa shape index (κ1) is 21.9. The number of halogens is 1. The summed E-state index contributed by atoms with van der Waals surface area (Å²) in [6.45, 7) is 5.98. The van der Waals surface area contributed by atoms with Crippen LogP contribution in [0.2, 0.25) is 0 Å². The zero-order valence-corrected chi connectivity index (χ0v) is 18.5. The van der Waals surface area contributed by atoms with Crippen LogP contribution in [0, 0.1) is 25.6 Å². The molecule has 0 unspecified atom stereocenters. The van der Waals surface area contributed by atoms with Gasteiger partial charge in [0.05, 0.1) is 0 Å². The van der Waals surface area contributed by atoms with Gasteiger partial charge in [-0.2, -0.15) is 0 Å². The molecule has 6 nitrogen and oxygen atoms in total. The fraction of sp³-hybridized carbons (Fsp3) is 0.360. The Hall–Kier alpha value is -3.35. The van der Waals surface area contributed by atoms with Gasteiger partial charge in [-0.15, -0.1) is 0 Å². The topological polar surface area (TPSA) is 71.0 Å². The maximum atomic E-state index is 13.7. The molecule has 1 N–H and O–H groups in total. The van der Waals surface area contributed by atoms with E-state index >= 15 is 0 Å². The van der Waals surface area contributed by atoms with E-state index in [9.17, 15) is 9.18 Å². The Bertz CT molecular complexity index is 1080. The van der Waals surface area contributed by atoms with E-state index in [1.54, 1.807) is 18.3 Å². The highest BCUT2D eigenvalue weighted by molar-refractivity contribution is 5.79. The lowest BCUT2D eigenvalue weighted by Crippen LogP contribution is -2.41. The van der Waals surface area contributed by atoms with E-state index in [0.29, 0.717) is 24.4 Å². The summed E-state index contributed by atoms with van der Waals surface area (Å²) in [5.41, 5.74) is 3.36. The monoisotopic (exact) mass is 433 g/mol. The van der Waals surface area contributed by atoms with Crippen LogP contribution in [0.25, 0.3) is 11.5 Å². The van der Waals surface area contributed by atoms with Crippen LogP contribution in [0.15, 0.2) is 48.7 Å². The van der Waals surface area contributed by atoms with Crippen molar-refractivity contribution in [1.29, 1.82) is 0 Å². The van der Waals surface area contributed by atoms with Crippen molar-refractivity contribution in [2.24, 2.45) is 5.92 Å². The molecule has 2 aromatic heterocycles. The van der Waals surface area contributed by atoms with E-state index in [4.69, 9.17) is 4.98 Å². The van der Waals surface area contributed by atoms with Crippen molar-refractivity contribution >= 4 is 11.7 Å². The predicted octanol–water partition coefficient (Wildman–Crippen LogP) is 3.87. The number of nitrogens with one attached hydrogen (secondary N) is 1. The first-order chi connectivity index (χ1) is 15.5. The van der Waals surface area contributed by atoms with Crippen LogP contribution in [0.3, 0.4) is 0 Å². The van der Waals surface area contributed by atoms with Gasteiger partial charge < -0.3 is 10.2 Å². The molecule has 0 saturated carbocycles. The molecular weight excluding hydrogens is 405 g/mol. The molecule has 7 heteroatoms. The molecule has 1 aromatic carbocycles. The van der Waals surface area contributed by atoms with Gasteiger partial charge in [-0.25, -0.2) is 14.4 Å². The number of aryl methyl sites for hydroxylation is 1. The van der Waals surface area contributed by atoms with E-state index in [1.807, 2.05) is 38.1 Å². The molecule has 0 atom stereocenters. The predicted molar refractivity (Wildman–Crippen MR) is 123 cm³/mol. The highest BCUT2D eigenvalue weighted by Crippen LogP contribution is 2.27. The Labute approximate surface area is 187 Å². The molecule has 1 saturated heterocycles. The number of nitrogens with zero attached hydrogens (tertiary/aromatic N) is 4. The van der Waals surface area contributed by atoms with Crippen LogP contribution in [-0.4, -0.2) is 40.5 Å². The Balaban J connectivity index is 1.36. The van der Waals surface area contributed by atoms with Crippen molar-refractivity contribution < 1.29 is 9.18 Å². The Kier molecular flexibility index (Phi) is 6.73. The molecule has 1 amide bonds. The third-order valence-corrected chi connectivity index (χ3v) is 6.07. The van der Waals surface area contributed by atoms with Gasteiger partial charge in [0.25, 0.3) is 0 Å². The number of rotatable bonds is 6. The maximum Gasteiger partial charge on any atom is 0.223 e. The lowest BCUT2D eigenvalue weighted by atomic mass is 9.95. The minimum absolute atomic E-state index is 0.0367. The summed E-state index contributed by atoms with van der Waals surface area (Å²) in [6.07, 6.45) is 3.75. The normalized spacial score (nSPS) is 14.4. The number of hydrogen-bond donors (Lipinski definition) is 1. The van der Waals surface area contributed by atoms with Crippen molar-refractivity contribution in [1.82, 2.24) is 20.3 Å². The molecule has 0 radical (unpaired) electrons.